The topological polar surface area (TPSA) is 32.5 Å². The van der Waals surface area contributed by atoms with Crippen molar-refractivity contribution in [1.29, 1.82) is 0 Å². The van der Waals surface area contributed by atoms with E-state index in [0.29, 0.717) is 11.0 Å². The van der Waals surface area contributed by atoms with Gasteiger partial charge in [-0.2, -0.15) is 0 Å². The lowest BCUT2D eigenvalue weighted by molar-refractivity contribution is 0.262. The average molecular weight is 241 g/mol. The number of hydrogen-bond acceptors (Lipinski definition) is 3. The second-order valence-corrected chi connectivity index (χ2v) is 5.47. The molecule has 3 nitrogen and oxygen atoms in total. The Balaban J connectivity index is 1.66. The van der Waals surface area contributed by atoms with Crippen LogP contribution in [0.3, 0.4) is 0 Å². The molecular weight excluding hydrogens is 218 g/mol. The van der Waals surface area contributed by atoms with Gasteiger partial charge in [-0.15, -0.1) is 0 Å². The van der Waals surface area contributed by atoms with Crippen molar-refractivity contribution in [1.82, 2.24) is 9.80 Å². The van der Waals surface area contributed by atoms with Crippen molar-refractivity contribution in [3.8, 4) is 0 Å². The third kappa shape index (κ3) is 3.15. The molecule has 4 heteroatoms. The van der Waals surface area contributed by atoms with E-state index in [-0.39, 0.29) is 0 Å². The first-order valence-corrected chi connectivity index (χ1v) is 6.94. The van der Waals surface area contributed by atoms with Crippen LogP contribution in [-0.2, 0) is 0 Å². The molecule has 2 rings (SSSR count). The molecule has 2 aliphatic heterocycles. The lowest BCUT2D eigenvalue weighted by Gasteiger charge is -2.24. The van der Waals surface area contributed by atoms with E-state index in [4.69, 9.17) is 18.0 Å². The average Bonchev–Trinajstić information content (AvgIpc) is 2.87. The molecule has 0 saturated carbocycles. The van der Waals surface area contributed by atoms with E-state index in [0.717, 1.165) is 0 Å². The Morgan fingerprint density at radius 3 is 2.56 bits per heavy atom. The molecule has 1 atom stereocenters. The van der Waals surface area contributed by atoms with Crippen LogP contribution in [-0.4, -0.2) is 53.6 Å². The number of likely N-dealkylation sites (tertiary alicyclic amines) is 2. The van der Waals surface area contributed by atoms with E-state index < -0.39 is 0 Å². The van der Waals surface area contributed by atoms with E-state index in [9.17, 15) is 0 Å². The number of thiocarbonyl (C=S) groups is 1. The van der Waals surface area contributed by atoms with Gasteiger partial charge in [0.15, 0.2) is 0 Å². The van der Waals surface area contributed by atoms with Gasteiger partial charge in [0.25, 0.3) is 0 Å². The monoisotopic (exact) mass is 241 g/mol. The van der Waals surface area contributed by atoms with Gasteiger partial charge < -0.3 is 10.6 Å². The highest BCUT2D eigenvalue weighted by atomic mass is 32.1. The Bertz CT molecular complexity index is 238. The summed E-state index contributed by atoms with van der Waals surface area (Å²) in [6, 6.07) is 0.383. The molecule has 0 aliphatic carbocycles. The molecule has 2 saturated heterocycles. The minimum absolute atomic E-state index is 0.383. The number of hydrogen-bond donors (Lipinski definition) is 1. The van der Waals surface area contributed by atoms with Crippen molar-refractivity contribution in [2.75, 3.05) is 32.7 Å². The highest BCUT2D eigenvalue weighted by molar-refractivity contribution is 7.80. The SMILES string of the molecule is NC(=S)C1CCCN1CCCN1CCCC1. The smallest absolute Gasteiger partial charge is 0.0902 e. The van der Waals surface area contributed by atoms with Crippen LogP contribution < -0.4 is 5.73 Å². The largest absolute Gasteiger partial charge is 0.392 e. The van der Waals surface area contributed by atoms with Crippen LogP contribution in [0.25, 0.3) is 0 Å². The summed E-state index contributed by atoms with van der Waals surface area (Å²) in [5.41, 5.74) is 5.76. The molecule has 0 amide bonds. The molecule has 0 aromatic carbocycles. The molecule has 92 valence electrons. The molecule has 0 aromatic heterocycles. The van der Waals surface area contributed by atoms with Gasteiger partial charge in [0.1, 0.15) is 0 Å². The van der Waals surface area contributed by atoms with Crippen molar-refractivity contribution in [3.05, 3.63) is 0 Å². The first-order chi connectivity index (χ1) is 7.77. The first kappa shape index (κ1) is 12.3. The summed E-state index contributed by atoms with van der Waals surface area (Å²) >= 11 is 5.12. The highest BCUT2D eigenvalue weighted by Crippen LogP contribution is 2.18. The zero-order valence-corrected chi connectivity index (χ0v) is 10.8. The fourth-order valence-corrected chi connectivity index (χ4v) is 3.19. The summed E-state index contributed by atoms with van der Waals surface area (Å²) in [5, 5.41) is 0. The van der Waals surface area contributed by atoms with Crippen molar-refractivity contribution in [2.45, 2.75) is 38.1 Å². The van der Waals surface area contributed by atoms with E-state index in [1.807, 2.05) is 0 Å². The summed E-state index contributed by atoms with van der Waals surface area (Å²) < 4.78 is 0. The number of nitrogens with two attached hydrogens (primary N) is 1. The Hall–Kier alpha value is -0.190. The third-order valence-corrected chi connectivity index (χ3v) is 4.08. The van der Waals surface area contributed by atoms with Crippen molar-refractivity contribution < 1.29 is 0 Å². The van der Waals surface area contributed by atoms with Gasteiger partial charge in [-0.25, -0.2) is 0 Å². The third-order valence-electron chi connectivity index (χ3n) is 3.81. The van der Waals surface area contributed by atoms with E-state index >= 15 is 0 Å². The Morgan fingerprint density at radius 1 is 1.12 bits per heavy atom. The summed E-state index contributed by atoms with van der Waals surface area (Å²) in [6.07, 6.45) is 6.46. The fourth-order valence-electron chi connectivity index (χ4n) is 2.92. The van der Waals surface area contributed by atoms with Crippen LogP contribution in [0.4, 0.5) is 0 Å². The minimum Gasteiger partial charge on any atom is -0.392 e. The van der Waals surface area contributed by atoms with Crippen LogP contribution in [0.15, 0.2) is 0 Å². The summed E-state index contributed by atoms with van der Waals surface area (Å²) in [6.45, 7) is 6.21. The first-order valence-electron chi connectivity index (χ1n) is 6.53. The number of rotatable bonds is 5. The van der Waals surface area contributed by atoms with Crippen molar-refractivity contribution in [2.24, 2.45) is 5.73 Å². The van der Waals surface area contributed by atoms with E-state index in [1.54, 1.807) is 0 Å². The molecule has 0 radical (unpaired) electrons. The maximum Gasteiger partial charge on any atom is 0.0902 e. The molecule has 2 aliphatic rings. The van der Waals surface area contributed by atoms with Crippen LogP contribution in [0.1, 0.15) is 32.1 Å². The normalized spacial score (nSPS) is 27.6. The molecule has 0 aromatic rings. The molecular formula is C12H23N3S. The van der Waals surface area contributed by atoms with E-state index in [1.165, 1.54) is 64.8 Å². The van der Waals surface area contributed by atoms with Crippen molar-refractivity contribution >= 4 is 17.2 Å². The summed E-state index contributed by atoms with van der Waals surface area (Å²) in [7, 11) is 0. The maximum atomic E-state index is 5.76. The Morgan fingerprint density at radius 2 is 1.88 bits per heavy atom. The maximum absolute atomic E-state index is 5.76. The Labute approximate surface area is 104 Å². The van der Waals surface area contributed by atoms with Crippen molar-refractivity contribution in [3.63, 3.8) is 0 Å². The molecule has 0 bridgehead atoms. The lowest BCUT2D eigenvalue weighted by Crippen LogP contribution is -2.40. The summed E-state index contributed by atoms with van der Waals surface area (Å²) in [5.74, 6) is 0. The molecule has 16 heavy (non-hydrogen) atoms. The van der Waals surface area contributed by atoms with Crippen LogP contribution >= 0.6 is 12.2 Å². The quantitative estimate of drug-likeness (QED) is 0.734. The predicted octanol–water partition coefficient (Wildman–Crippen LogP) is 1.22. The van der Waals surface area contributed by atoms with Gasteiger partial charge in [0.05, 0.1) is 11.0 Å². The van der Waals surface area contributed by atoms with Crippen LogP contribution in [0.2, 0.25) is 0 Å². The van der Waals surface area contributed by atoms with Gasteiger partial charge in [-0.05, 0) is 58.3 Å². The van der Waals surface area contributed by atoms with Gasteiger partial charge in [-0.1, -0.05) is 12.2 Å². The zero-order valence-electron chi connectivity index (χ0n) is 10.0. The van der Waals surface area contributed by atoms with Crippen LogP contribution in [0.5, 0.6) is 0 Å². The zero-order chi connectivity index (χ0) is 11.4. The fraction of sp³-hybridized carbons (Fsp3) is 0.917. The lowest BCUT2D eigenvalue weighted by atomic mass is 10.2. The second kappa shape index (κ2) is 5.94. The van der Waals surface area contributed by atoms with Gasteiger partial charge in [0.2, 0.25) is 0 Å². The highest BCUT2D eigenvalue weighted by Gasteiger charge is 2.26. The van der Waals surface area contributed by atoms with E-state index in [2.05, 4.69) is 9.80 Å². The summed E-state index contributed by atoms with van der Waals surface area (Å²) in [4.78, 5) is 5.74. The molecule has 2 N–H and O–H groups in total. The standard InChI is InChI=1S/C12H23N3S/c13-12(16)11-5-3-9-15(11)10-4-8-14-6-1-2-7-14/h11H,1-10H2,(H2,13,16). The number of nitrogens with zero attached hydrogens (tertiary/aromatic N) is 2. The molecule has 0 spiro atoms. The van der Waals surface area contributed by atoms with Gasteiger partial charge >= 0.3 is 0 Å². The minimum atomic E-state index is 0.383. The molecule has 2 heterocycles. The van der Waals surface area contributed by atoms with Gasteiger partial charge in [0, 0.05) is 6.54 Å². The van der Waals surface area contributed by atoms with Gasteiger partial charge in [-0.3, -0.25) is 4.90 Å². The Kier molecular flexibility index (Phi) is 4.55. The second-order valence-electron chi connectivity index (χ2n) is 5.00. The van der Waals surface area contributed by atoms with Crippen LogP contribution in [0, 0.1) is 0 Å². The molecule has 1 unspecified atom stereocenters. The predicted molar refractivity (Wildman–Crippen MR) is 71.7 cm³/mol. The molecule has 2 fully saturated rings.